The number of aliphatic carboxylic acids is 1. The minimum atomic E-state index is -1.78. The maximum atomic E-state index is 13.5. The van der Waals surface area contributed by atoms with Gasteiger partial charge in [-0.3, -0.25) is 29.1 Å². The normalized spacial score (nSPS) is 13.1. The van der Waals surface area contributed by atoms with Crippen molar-refractivity contribution in [3.8, 4) is 0 Å². The molecular weight excluding hydrogens is 470 g/mol. The predicted octanol–water partition coefficient (Wildman–Crippen LogP) is -1.30. The molecule has 1 aromatic carbocycles. The van der Waals surface area contributed by atoms with Gasteiger partial charge in [0.2, 0.25) is 11.8 Å². The lowest BCUT2D eigenvalue weighted by atomic mass is 10.00. The first-order chi connectivity index (χ1) is 16.9. The first-order valence-corrected chi connectivity index (χ1v) is 11.4. The van der Waals surface area contributed by atoms with Gasteiger partial charge in [-0.25, -0.2) is 4.79 Å². The molecule has 1 rings (SSSR count). The molecule has 0 aliphatic rings. The van der Waals surface area contributed by atoms with Crippen LogP contribution in [0.4, 0.5) is 5.69 Å². The highest BCUT2D eigenvalue weighted by molar-refractivity contribution is 6.13. The number of nitrogens with zero attached hydrogens (tertiary/aromatic N) is 2. The van der Waals surface area contributed by atoms with E-state index in [0.29, 0.717) is 13.0 Å². The molecule has 0 saturated carbocycles. The van der Waals surface area contributed by atoms with Crippen LogP contribution in [0.15, 0.2) is 35.3 Å². The van der Waals surface area contributed by atoms with Gasteiger partial charge in [0, 0.05) is 12.2 Å². The van der Waals surface area contributed by atoms with Crippen LogP contribution in [0.2, 0.25) is 0 Å². The predicted molar refractivity (Wildman–Crippen MR) is 134 cm³/mol. The fraction of sp³-hybridized carbons (Fsp3) is 0.478. The minimum Gasteiger partial charge on any atom is -0.479 e. The first-order valence-electron chi connectivity index (χ1n) is 11.4. The van der Waals surface area contributed by atoms with Crippen molar-refractivity contribution >= 4 is 41.1 Å². The van der Waals surface area contributed by atoms with E-state index in [1.807, 2.05) is 0 Å². The number of carbonyl (C=O) groups excluding carboxylic acids is 4. The maximum absolute atomic E-state index is 13.5. The van der Waals surface area contributed by atoms with E-state index < -0.39 is 60.1 Å². The number of nitrogens with one attached hydrogen (secondary N) is 2. The van der Waals surface area contributed by atoms with Gasteiger partial charge in [-0.2, -0.15) is 0 Å². The number of carbonyl (C=O) groups is 5. The largest absolute Gasteiger partial charge is 0.479 e. The molecular formula is C23H35N7O6. The van der Waals surface area contributed by atoms with E-state index in [0.717, 1.165) is 11.8 Å². The van der Waals surface area contributed by atoms with Crippen molar-refractivity contribution in [2.24, 2.45) is 28.1 Å². The Hall–Kier alpha value is -4.00. The second kappa shape index (κ2) is 14.4. The summed E-state index contributed by atoms with van der Waals surface area (Å²) in [6, 6.07) is 3.98. The second-order valence-corrected chi connectivity index (χ2v) is 8.46. The minimum absolute atomic E-state index is 0.0669. The lowest BCUT2D eigenvalue weighted by Crippen LogP contribution is -2.59. The van der Waals surface area contributed by atoms with Crippen LogP contribution < -0.4 is 32.7 Å². The van der Waals surface area contributed by atoms with Gasteiger partial charge in [0.25, 0.3) is 5.91 Å². The summed E-state index contributed by atoms with van der Waals surface area (Å²) >= 11 is 0. The van der Waals surface area contributed by atoms with Crippen molar-refractivity contribution in [1.29, 1.82) is 0 Å². The summed E-state index contributed by atoms with van der Waals surface area (Å²) < 4.78 is 0. The number of ketones is 1. The van der Waals surface area contributed by atoms with Gasteiger partial charge in [-0.15, -0.1) is 0 Å². The Morgan fingerprint density at radius 3 is 2.19 bits per heavy atom. The molecule has 0 saturated heterocycles. The van der Waals surface area contributed by atoms with Gasteiger partial charge < -0.3 is 32.9 Å². The second-order valence-electron chi connectivity index (χ2n) is 8.46. The van der Waals surface area contributed by atoms with Gasteiger partial charge in [-0.1, -0.05) is 32.0 Å². The smallest absolute Gasteiger partial charge is 0.334 e. The molecule has 3 atom stereocenters. The summed E-state index contributed by atoms with van der Waals surface area (Å²) in [5.74, 6) is -4.84. The number of para-hydroxylation sites is 1. The average molecular weight is 506 g/mol. The van der Waals surface area contributed by atoms with Crippen LogP contribution in [0.25, 0.3) is 0 Å². The Morgan fingerprint density at radius 2 is 1.69 bits per heavy atom. The number of Topliss-reactive ketones (excluding diaryl/α,β-unsaturated/α-hetero) is 1. The SMILES string of the molecule is CC(=O)[C@@H](C(=O)O)N(C(=O)[C@@H](NC(=O)CNC(=O)[C@@H](N)CCCN=C(N)N)C(C)C)c1ccccc1. The number of carboxylic acid groups (broad SMARTS) is 1. The van der Waals surface area contributed by atoms with Crippen molar-refractivity contribution < 1.29 is 29.1 Å². The molecule has 0 radical (unpaired) electrons. The standard InChI is InChI=1S/C23H35N7O6/c1-13(2)18(29-17(32)12-28-20(33)16(24)10-7-11-27-23(25)26)21(34)30(15-8-5-4-6-9-15)19(14(3)31)22(35)36/h4-6,8-9,13,16,18-19H,7,10-12,24H2,1-3H3,(H,28,33)(H,29,32)(H,35,36)(H4,25,26,27)/t16-,18-,19-/m0/s1. The summed E-state index contributed by atoms with van der Waals surface area (Å²) in [7, 11) is 0. The first kappa shape index (κ1) is 30.0. The molecule has 0 aliphatic heterocycles. The van der Waals surface area contributed by atoms with Crippen LogP contribution in [0.1, 0.15) is 33.6 Å². The zero-order valence-corrected chi connectivity index (χ0v) is 20.6. The van der Waals surface area contributed by atoms with E-state index in [-0.39, 0.29) is 18.1 Å². The van der Waals surface area contributed by atoms with Gasteiger partial charge in [-0.05, 0) is 37.8 Å². The van der Waals surface area contributed by atoms with Gasteiger partial charge >= 0.3 is 5.97 Å². The molecule has 0 heterocycles. The Kier molecular flexibility index (Phi) is 12.0. The number of hydrogen-bond acceptors (Lipinski definition) is 7. The quantitative estimate of drug-likeness (QED) is 0.0763. The van der Waals surface area contributed by atoms with E-state index >= 15 is 0 Å². The van der Waals surface area contributed by atoms with Crippen LogP contribution in [-0.4, -0.2) is 71.8 Å². The molecule has 3 amide bonds. The van der Waals surface area contributed by atoms with Gasteiger partial charge in [0.15, 0.2) is 17.8 Å². The highest BCUT2D eigenvalue weighted by Crippen LogP contribution is 2.21. The number of benzene rings is 1. The molecule has 13 nitrogen and oxygen atoms in total. The fourth-order valence-electron chi connectivity index (χ4n) is 3.30. The van der Waals surface area contributed by atoms with Crippen LogP contribution in [0.5, 0.6) is 0 Å². The molecule has 0 spiro atoms. The Morgan fingerprint density at radius 1 is 1.08 bits per heavy atom. The number of anilines is 1. The average Bonchev–Trinajstić information content (AvgIpc) is 2.81. The number of guanidine groups is 1. The number of aliphatic imine (C=N–C) groups is 1. The summed E-state index contributed by atoms with van der Waals surface area (Å²) in [6.45, 7) is 4.22. The van der Waals surface area contributed by atoms with E-state index in [1.165, 1.54) is 12.1 Å². The van der Waals surface area contributed by atoms with Gasteiger partial charge in [0.05, 0.1) is 12.6 Å². The summed E-state index contributed by atoms with van der Waals surface area (Å²) in [4.78, 5) is 66.9. The number of amides is 3. The van der Waals surface area contributed by atoms with Crippen LogP contribution in [-0.2, 0) is 24.0 Å². The Bertz CT molecular complexity index is 949. The number of hydrogen-bond donors (Lipinski definition) is 6. The topological polar surface area (TPSA) is 223 Å². The zero-order valence-electron chi connectivity index (χ0n) is 20.6. The highest BCUT2D eigenvalue weighted by atomic mass is 16.4. The van der Waals surface area contributed by atoms with Crippen molar-refractivity contribution in [3.63, 3.8) is 0 Å². The zero-order chi connectivity index (χ0) is 27.4. The third-order valence-electron chi connectivity index (χ3n) is 5.13. The molecule has 0 aliphatic carbocycles. The monoisotopic (exact) mass is 505 g/mol. The van der Waals surface area contributed by atoms with Gasteiger partial charge in [0.1, 0.15) is 6.04 Å². The Labute approximate surface area is 209 Å². The van der Waals surface area contributed by atoms with Crippen LogP contribution >= 0.6 is 0 Å². The summed E-state index contributed by atoms with van der Waals surface area (Å²) in [5, 5.41) is 14.6. The highest BCUT2D eigenvalue weighted by Gasteiger charge is 2.39. The molecule has 0 aromatic heterocycles. The summed E-state index contributed by atoms with van der Waals surface area (Å²) in [6.07, 6.45) is 0.740. The van der Waals surface area contributed by atoms with Crippen LogP contribution in [0, 0.1) is 5.92 Å². The Balaban J connectivity index is 2.93. The molecule has 0 bridgehead atoms. The molecule has 9 N–H and O–H groups in total. The number of nitrogens with two attached hydrogens (primary N) is 3. The molecule has 0 unspecified atom stereocenters. The van der Waals surface area contributed by atoms with Crippen molar-refractivity contribution in [1.82, 2.24) is 10.6 Å². The molecule has 13 heteroatoms. The van der Waals surface area contributed by atoms with E-state index in [9.17, 15) is 29.1 Å². The lowest BCUT2D eigenvalue weighted by Gasteiger charge is -2.32. The van der Waals surface area contributed by atoms with Crippen molar-refractivity contribution in [2.75, 3.05) is 18.0 Å². The molecule has 198 valence electrons. The molecule has 1 aromatic rings. The fourth-order valence-corrected chi connectivity index (χ4v) is 3.30. The number of rotatable bonds is 14. The summed E-state index contributed by atoms with van der Waals surface area (Å²) in [5.41, 5.74) is 16.5. The van der Waals surface area contributed by atoms with E-state index in [2.05, 4.69) is 15.6 Å². The molecule has 36 heavy (non-hydrogen) atoms. The van der Waals surface area contributed by atoms with Crippen molar-refractivity contribution in [2.45, 2.75) is 51.7 Å². The maximum Gasteiger partial charge on any atom is 0.334 e. The van der Waals surface area contributed by atoms with Crippen LogP contribution in [0.3, 0.4) is 0 Å². The van der Waals surface area contributed by atoms with E-state index in [1.54, 1.807) is 32.0 Å². The third kappa shape index (κ3) is 9.33. The van der Waals surface area contributed by atoms with E-state index in [4.69, 9.17) is 17.2 Å². The lowest BCUT2D eigenvalue weighted by molar-refractivity contribution is -0.144. The molecule has 0 fully saturated rings. The number of carboxylic acids is 1. The third-order valence-corrected chi connectivity index (χ3v) is 5.13. The van der Waals surface area contributed by atoms with Crippen molar-refractivity contribution in [3.05, 3.63) is 30.3 Å².